The highest BCUT2D eigenvalue weighted by Gasteiger charge is 2.19. The van der Waals surface area contributed by atoms with Crippen molar-refractivity contribution in [3.05, 3.63) is 90.3 Å². The second-order valence-corrected chi connectivity index (χ2v) is 6.95. The van der Waals surface area contributed by atoms with Crippen LogP contribution < -0.4 is 4.74 Å². The number of rotatable bonds is 8. The van der Waals surface area contributed by atoms with Crippen LogP contribution in [-0.2, 0) is 6.42 Å². The number of ether oxygens (including phenoxy) is 1. The summed E-state index contributed by atoms with van der Waals surface area (Å²) in [5.74, 6) is 1.91. The van der Waals surface area contributed by atoms with Crippen molar-refractivity contribution in [2.45, 2.75) is 20.3 Å². The predicted molar refractivity (Wildman–Crippen MR) is 116 cm³/mol. The average molecular weight is 414 g/mol. The lowest BCUT2D eigenvalue weighted by molar-refractivity contribution is 0.104. The molecule has 0 unspecified atom stereocenters. The maximum absolute atomic E-state index is 12.4. The zero-order chi connectivity index (χ0) is 21.8. The second kappa shape index (κ2) is 8.79. The topological polar surface area (TPSA) is 83.0 Å². The zero-order valence-electron chi connectivity index (χ0n) is 17.4. The standard InChI is InChI=1S/C24H22N4O3/c1-4-22(29)24-23(26-28(27-24)19-8-6-5-7-9-19)18-10-12-20(13-11-18)30-15-14-21-16(2)31-17(3)25-21/h4-13H,1,14-15H2,2-3H3. The lowest BCUT2D eigenvalue weighted by Gasteiger charge is -2.06. The summed E-state index contributed by atoms with van der Waals surface area (Å²) in [6.45, 7) is 7.79. The Morgan fingerprint density at radius 1 is 1.10 bits per heavy atom. The first-order valence-corrected chi connectivity index (χ1v) is 9.91. The summed E-state index contributed by atoms with van der Waals surface area (Å²) in [6.07, 6.45) is 1.91. The molecule has 7 nitrogen and oxygen atoms in total. The fourth-order valence-electron chi connectivity index (χ4n) is 3.22. The van der Waals surface area contributed by atoms with Gasteiger partial charge in [-0.05, 0) is 49.4 Å². The quantitative estimate of drug-likeness (QED) is 0.311. The first kappa shape index (κ1) is 20.3. The van der Waals surface area contributed by atoms with Crippen LogP contribution in [0.3, 0.4) is 0 Å². The van der Waals surface area contributed by atoms with E-state index < -0.39 is 0 Å². The molecule has 0 radical (unpaired) electrons. The van der Waals surface area contributed by atoms with Gasteiger partial charge in [0.25, 0.3) is 0 Å². The van der Waals surface area contributed by atoms with Crippen molar-refractivity contribution in [2.24, 2.45) is 0 Å². The predicted octanol–water partition coefficient (Wildman–Crippen LogP) is 4.53. The minimum Gasteiger partial charge on any atom is -0.493 e. The summed E-state index contributed by atoms with van der Waals surface area (Å²) < 4.78 is 11.3. The number of oxazole rings is 1. The number of para-hydroxylation sites is 1. The normalized spacial score (nSPS) is 10.8. The Labute approximate surface area is 180 Å². The second-order valence-electron chi connectivity index (χ2n) is 6.95. The van der Waals surface area contributed by atoms with Crippen LogP contribution in [0.25, 0.3) is 16.9 Å². The third-order valence-corrected chi connectivity index (χ3v) is 4.75. The molecule has 0 fully saturated rings. The van der Waals surface area contributed by atoms with Gasteiger partial charge in [0.1, 0.15) is 17.2 Å². The Morgan fingerprint density at radius 2 is 1.84 bits per heavy atom. The van der Waals surface area contributed by atoms with E-state index in [9.17, 15) is 4.79 Å². The first-order chi connectivity index (χ1) is 15.0. The number of carbonyl (C=O) groups is 1. The molecule has 0 saturated carbocycles. The summed E-state index contributed by atoms with van der Waals surface area (Å²) in [7, 11) is 0. The van der Waals surface area contributed by atoms with Crippen LogP contribution in [0.1, 0.15) is 27.8 Å². The zero-order valence-corrected chi connectivity index (χ0v) is 17.4. The molecule has 4 rings (SSSR count). The fourth-order valence-corrected chi connectivity index (χ4v) is 3.22. The highest BCUT2D eigenvalue weighted by Crippen LogP contribution is 2.25. The third kappa shape index (κ3) is 4.45. The maximum atomic E-state index is 12.4. The van der Waals surface area contributed by atoms with E-state index in [1.807, 2.05) is 68.4 Å². The Morgan fingerprint density at radius 3 is 2.48 bits per heavy atom. The van der Waals surface area contributed by atoms with Gasteiger partial charge in [0.15, 0.2) is 11.6 Å². The Bertz CT molecular complexity index is 1210. The van der Waals surface area contributed by atoms with Crippen molar-refractivity contribution in [3.63, 3.8) is 0 Å². The molecule has 0 spiro atoms. The molecule has 0 atom stereocenters. The number of benzene rings is 2. The van der Waals surface area contributed by atoms with Crippen molar-refractivity contribution in [1.82, 2.24) is 20.0 Å². The molecule has 0 amide bonds. The van der Waals surface area contributed by atoms with Crippen molar-refractivity contribution < 1.29 is 13.9 Å². The van der Waals surface area contributed by atoms with Gasteiger partial charge in [-0.25, -0.2) is 4.98 Å². The fraction of sp³-hybridized carbons (Fsp3) is 0.167. The number of hydrogen-bond acceptors (Lipinski definition) is 6. The molecular formula is C24H22N4O3. The van der Waals surface area contributed by atoms with Gasteiger partial charge in [-0.15, -0.1) is 10.2 Å². The smallest absolute Gasteiger partial charge is 0.207 e. The lowest BCUT2D eigenvalue weighted by Crippen LogP contribution is -2.03. The highest BCUT2D eigenvalue weighted by atomic mass is 16.5. The van der Waals surface area contributed by atoms with Gasteiger partial charge in [0, 0.05) is 18.9 Å². The summed E-state index contributed by atoms with van der Waals surface area (Å²) in [6, 6.07) is 16.9. The number of nitrogens with zero attached hydrogens (tertiary/aromatic N) is 4. The van der Waals surface area contributed by atoms with Crippen molar-refractivity contribution in [1.29, 1.82) is 0 Å². The Hall–Kier alpha value is -4.00. The molecular weight excluding hydrogens is 392 g/mol. The molecule has 0 aliphatic rings. The van der Waals surface area contributed by atoms with E-state index in [0.717, 1.165) is 22.7 Å². The molecule has 31 heavy (non-hydrogen) atoms. The molecule has 4 aromatic rings. The average Bonchev–Trinajstić information content (AvgIpc) is 3.37. The first-order valence-electron chi connectivity index (χ1n) is 9.91. The van der Waals surface area contributed by atoms with Crippen LogP contribution in [0.2, 0.25) is 0 Å². The van der Waals surface area contributed by atoms with Crippen LogP contribution >= 0.6 is 0 Å². The molecule has 2 aromatic heterocycles. The summed E-state index contributed by atoms with van der Waals surface area (Å²) in [5, 5.41) is 8.92. The van der Waals surface area contributed by atoms with Crippen molar-refractivity contribution >= 4 is 5.78 Å². The molecule has 7 heteroatoms. The van der Waals surface area contributed by atoms with Gasteiger partial charge in [-0.2, -0.15) is 4.80 Å². The Kier molecular flexibility index (Phi) is 5.75. The number of aryl methyl sites for hydroxylation is 2. The monoisotopic (exact) mass is 414 g/mol. The molecule has 0 aliphatic carbocycles. The van der Waals surface area contributed by atoms with E-state index in [2.05, 4.69) is 21.8 Å². The summed E-state index contributed by atoms with van der Waals surface area (Å²) in [4.78, 5) is 18.2. The molecule has 156 valence electrons. The minimum atomic E-state index is -0.282. The SMILES string of the molecule is C=CC(=O)c1nn(-c2ccccc2)nc1-c1ccc(OCCc2nc(C)oc2C)cc1. The molecule has 0 aliphatic heterocycles. The number of allylic oxidation sites excluding steroid dienone is 1. The van der Waals surface area contributed by atoms with Crippen LogP contribution in [0.4, 0.5) is 0 Å². The van der Waals surface area contributed by atoms with Crippen LogP contribution in [0.15, 0.2) is 71.7 Å². The maximum Gasteiger partial charge on any atom is 0.207 e. The van der Waals surface area contributed by atoms with Crippen LogP contribution in [0, 0.1) is 13.8 Å². The van der Waals surface area contributed by atoms with E-state index in [-0.39, 0.29) is 11.5 Å². The minimum absolute atomic E-state index is 0.254. The Balaban J connectivity index is 1.52. The summed E-state index contributed by atoms with van der Waals surface area (Å²) in [5.41, 5.74) is 3.19. The van der Waals surface area contributed by atoms with Crippen molar-refractivity contribution in [2.75, 3.05) is 6.61 Å². The van der Waals surface area contributed by atoms with E-state index >= 15 is 0 Å². The van der Waals surface area contributed by atoms with E-state index in [4.69, 9.17) is 9.15 Å². The van der Waals surface area contributed by atoms with Gasteiger partial charge in [0.05, 0.1) is 18.0 Å². The van der Waals surface area contributed by atoms with Crippen LogP contribution in [-0.4, -0.2) is 32.4 Å². The van der Waals surface area contributed by atoms with Gasteiger partial charge < -0.3 is 9.15 Å². The van der Waals surface area contributed by atoms with Gasteiger partial charge >= 0.3 is 0 Å². The number of carbonyl (C=O) groups excluding carboxylic acids is 1. The molecule has 0 saturated heterocycles. The van der Waals surface area contributed by atoms with Gasteiger partial charge in [-0.1, -0.05) is 24.8 Å². The molecule has 0 bridgehead atoms. The molecule has 0 N–H and O–H groups in total. The summed E-state index contributed by atoms with van der Waals surface area (Å²) >= 11 is 0. The lowest BCUT2D eigenvalue weighted by atomic mass is 10.1. The van der Waals surface area contributed by atoms with Gasteiger partial charge in [-0.3, -0.25) is 4.79 Å². The van der Waals surface area contributed by atoms with E-state index in [1.54, 1.807) is 0 Å². The van der Waals surface area contributed by atoms with E-state index in [0.29, 0.717) is 30.4 Å². The largest absolute Gasteiger partial charge is 0.493 e. The van der Waals surface area contributed by atoms with Crippen LogP contribution in [0.5, 0.6) is 5.75 Å². The third-order valence-electron chi connectivity index (χ3n) is 4.75. The molecule has 2 aromatic carbocycles. The highest BCUT2D eigenvalue weighted by molar-refractivity contribution is 6.06. The van der Waals surface area contributed by atoms with Gasteiger partial charge in [0.2, 0.25) is 5.78 Å². The molecule has 2 heterocycles. The number of aromatic nitrogens is 4. The van der Waals surface area contributed by atoms with Crippen molar-refractivity contribution in [3.8, 4) is 22.7 Å². The van der Waals surface area contributed by atoms with E-state index in [1.165, 1.54) is 10.9 Å². The number of hydrogen-bond donors (Lipinski definition) is 0. The number of ketones is 1.